The van der Waals surface area contributed by atoms with E-state index < -0.39 is 22.4 Å². The average molecular weight is 544 g/mol. The monoisotopic (exact) mass is 543 g/mol. The Balaban J connectivity index is 0.000000902. The molecule has 0 aliphatic carbocycles. The van der Waals surface area contributed by atoms with Crippen LogP contribution in [0.2, 0.25) is 0 Å². The van der Waals surface area contributed by atoms with Crippen LogP contribution in [0.3, 0.4) is 0 Å². The molecule has 2 aromatic rings. The van der Waals surface area contributed by atoms with Gasteiger partial charge in [-0.1, -0.05) is 6.07 Å². The van der Waals surface area contributed by atoms with Crippen LogP contribution in [-0.4, -0.2) is 22.4 Å². The molecule has 1 aromatic carbocycles. The maximum atomic E-state index is 11.4. The summed E-state index contributed by atoms with van der Waals surface area (Å²) in [7, 11) is 9.75. The molecule has 134 valence electrons. The molecule has 0 saturated carbocycles. The minimum atomic E-state index is -0.472. The normalized spacial score (nSPS) is 19.4. The van der Waals surface area contributed by atoms with E-state index in [0.717, 1.165) is 30.7 Å². The van der Waals surface area contributed by atoms with Crippen LogP contribution in [0.25, 0.3) is 11.0 Å². The number of aromatic nitrogens is 2. The Kier molecular flexibility index (Phi) is 9.28. The number of nitrogens with one attached hydrogen (secondary N) is 2. The second kappa shape index (κ2) is 9.57. The van der Waals surface area contributed by atoms with E-state index in [1.54, 1.807) is 6.07 Å². The van der Waals surface area contributed by atoms with Gasteiger partial charge in [-0.15, -0.1) is 0 Å². The van der Waals surface area contributed by atoms with Gasteiger partial charge in [-0.2, -0.15) is 0 Å². The van der Waals surface area contributed by atoms with E-state index in [1.807, 2.05) is 12.1 Å². The van der Waals surface area contributed by atoms with Crippen molar-refractivity contribution in [2.45, 2.75) is 25.3 Å². The molecular formula is C13H22Cl2N6OPt. The van der Waals surface area contributed by atoms with Crippen LogP contribution in [-0.2, 0) is 22.0 Å². The number of carbonyl (C=O) groups excluding carboxylic acids is 1. The van der Waals surface area contributed by atoms with Crippen molar-refractivity contribution in [1.29, 1.82) is 0 Å². The van der Waals surface area contributed by atoms with Crippen LogP contribution >= 0.6 is 18.8 Å². The molecule has 2 heterocycles. The molecule has 1 aromatic heterocycles. The standard InChI is InChI=1S/C13H16N4O.2ClH.2H3N.Pt/c1-13(6-3-7-15-13)12-16-9-5-2-4-8(11(14)18)10(9)17-12;;;;;/h2,4-5,15H,3,6-7H2,1H3,(H2,14,18)(H,16,17);2*1H;2*1H3;/q;;;;;+2/p-2/t13-;;;;;/m1...../s1. The summed E-state index contributed by atoms with van der Waals surface area (Å²) in [5.74, 6) is 0.437. The Hall–Kier alpha value is -0.692. The summed E-state index contributed by atoms with van der Waals surface area (Å²) in [4.78, 5) is 19.2. The first kappa shape index (κ1) is 22.3. The van der Waals surface area contributed by atoms with E-state index >= 15 is 0 Å². The van der Waals surface area contributed by atoms with Gasteiger partial charge in [0.05, 0.1) is 16.6 Å². The first-order valence-electron chi connectivity index (χ1n) is 6.38. The van der Waals surface area contributed by atoms with Crippen molar-refractivity contribution >= 4 is 35.8 Å². The molecule has 10 N–H and O–H groups in total. The van der Waals surface area contributed by atoms with Crippen LogP contribution in [0.1, 0.15) is 35.9 Å². The minimum absolute atomic E-state index is 0. The fraction of sp³-hybridized carbons (Fsp3) is 0.385. The summed E-state index contributed by atoms with van der Waals surface area (Å²) in [6.07, 6.45) is 2.18. The van der Waals surface area contributed by atoms with Crippen molar-refractivity contribution in [2.75, 3.05) is 6.54 Å². The summed E-state index contributed by atoms with van der Waals surface area (Å²) in [6, 6.07) is 5.44. The van der Waals surface area contributed by atoms with Gasteiger partial charge in [0.1, 0.15) is 11.3 Å². The molecule has 1 atom stereocenters. The van der Waals surface area contributed by atoms with E-state index in [-0.39, 0.29) is 17.8 Å². The zero-order valence-corrected chi connectivity index (χ0v) is 16.6. The van der Waals surface area contributed by atoms with Crippen LogP contribution in [0.4, 0.5) is 0 Å². The number of hydrogen-bond acceptors (Lipinski definition) is 5. The number of imidazole rings is 1. The Morgan fingerprint density at radius 3 is 2.57 bits per heavy atom. The number of benzene rings is 1. The van der Waals surface area contributed by atoms with Crippen molar-refractivity contribution in [1.82, 2.24) is 27.6 Å². The van der Waals surface area contributed by atoms with E-state index in [0.29, 0.717) is 11.1 Å². The SMILES string of the molecule is C[C@]1(c2nc3c(C(N)=O)cccc3[nH]2)CCCN1.N.N.[Cl][Pt][Cl]. The van der Waals surface area contributed by atoms with Gasteiger partial charge in [0.2, 0.25) is 0 Å². The quantitative estimate of drug-likeness (QED) is 0.394. The van der Waals surface area contributed by atoms with Crippen molar-refractivity contribution in [3.8, 4) is 0 Å². The number of H-pyrrole nitrogens is 1. The third-order valence-corrected chi connectivity index (χ3v) is 3.67. The average Bonchev–Trinajstić information content (AvgIpc) is 3.05. The molecule has 3 rings (SSSR count). The van der Waals surface area contributed by atoms with Crippen LogP contribution in [0.5, 0.6) is 0 Å². The number of carbonyl (C=O) groups is 1. The Bertz CT molecular complexity index is 644. The molecule has 0 radical (unpaired) electrons. The Labute approximate surface area is 151 Å². The summed E-state index contributed by atoms with van der Waals surface area (Å²) in [5.41, 5.74) is 7.22. The molecule has 23 heavy (non-hydrogen) atoms. The van der Waals surface area contributed by atoms with Gasteiger partial charge in [0, 0.05) is 0 Å². The number of hydrogen-bond donors (Lipinski definition) is 5. The first-order chi connectivity index (χ1) is 10.0. The third-order valence-electron chi connectivity index (χ3n) is 3.67. The molecule has 0 unspecified atom stereocenters. The second-order valence-corrected chi connectivity index (χ2v) is 8.34. The topological polar surface area (TPSA) is 154 Å². The number of aromatic amines is 1. The summed E-state index contributed by atoms with van der Waals surface area (Å²) in [5, 5.41) is 3.45. The van der Waals surface area contributed by atoms with E-state index in [9.17, 15) is 4.79 Å². The Morgan fingerprint density at radius 1 is 1.39 bits per heavy atom. The number of nitrogens with two attached hydrogens (primary N) is 1. The Morgan fingerprint density at radius 2 is 2.04 bits per heavy atom. The first-order valence-corrected chi connectivity index (χ1v) is 12.0. The molecule has 0 spiro atoms. The van der Waals surface area contributed by atoms with Crippen LogP contribution < -0.4 is 23.4 Å². The number of amides is 1. The number of para-hydroxylation sites is 1. The maximum absolute atomic E-state index is 11.4. The van der Waals surface area contributed by atoms with Gasteiger partial charge in [0.15, 0.2) is 0 Å². The zero-order chi connectivity index (χ0) is 15.5. The summed E-state index contributed by atoms with van der Waals surface area (Å²) >= 11 is -0.472. The number of fused-ring (bicyclic) bond motifs is 1. The van der Waals surface area contributed by atoms with Gasteiger partial charge >= 0.3 is 35.3 Å². The van der Waals surface area contributed by atoms with Crippen LogP contribution in [0, 0.1) is 0 Å². The number of primary amides is 1. The fourth-order valence-corrected chi connectivity index (χ4v) is 2.59. The molecule has 1 aliphatic heterocycles. The molecule has 1 saturated heterocycles. The van der Waals surface area contributed by atoms with Gasteiger partial charge in [-0.3, -0.25) is 4.79 Å². The summed E-state index contributed by atoms with van der Waals surface area (Å²) in [6.45, 7) is 3.12. The molecule has 10 heteroatoms. The van der Waals surface area contributed by atoms with Crippen LogP contribution in [0.15, 0.2) is 18.2 Å². The van der Waals surface area contributed by atoms with E-state index in [2.05, 4.69) is 22.2 Å². The van der Waals surface area contributed by atoms with Gasteiger partial charge in [-0.25, -0.2) is 4.98 Å². The molecule has 1 fully saturated rings. The third kappa shape index (κ3) is 4.89. The number of halogens is 2. The van der Waals surface area contributed by atoms with E-state index in [4.69, 9.17) is 24.6 Å². The number of rotatable bonds is 2. The summed E-state index contributed by atoms with van der Waals surface area (Å²) < 4.78 is 0. The zero-order valence-electron chi connectivity index (χ0n) is 12.8. The molecule has 0 bridgehead atoms. The molecule has 7 nitrogen and oxygen atoms in total. The van der Waals surface area contributed by atoms with E-state index in [1.165, 1.54) is 0 Å². The molecule has 1 aliphatic rings. The van der Waals surface area contributed by atoms with Crippen molar-refractivity contribution < 1.29 is 21.3 Å². The van der Waals surface area contributed by atoms with Gasteiger partial charge < -0.3 is 28.3 Å². The number of nitrogens with zero attached hydrogens (tertiary/aromatic N) is 1. The van der Waals surface area contributed by atoms with Crippen molar-refractivity contribution in [3.63, 3.8) is 0 Å². The molecule has 1 amide bonds. The van der Waals surface area contributed by atoms with Gasteiger partial charge in [-0.05, 0) is 38.4 Å². The predicted octanol–water partition coefficient (Wildman–Crippen LogP) is 2.96. The van der Waals surface area contributed by atoms with Gasteiger partial charge in [0.25, 0.3) is 5.91 Å². The fourth-order valence-electron chi connectivity index (χ4n) is 2.59. The van der Waals surface area contributed by atoms with Crippen molar-refractivity contribution in [3.05, 3.63) is 29.6 Å². The second-order valence-electron chi connectivity index (χ2n) is 5.06. The molecular weight excluding hydrogens is 522 g/mol. The van der Waals surface area contributed by atoms with Crippen molar-refractivity contribution in [2.24, 2.45) is 5.73 Å². The predicted molar refractivity (Wildman–Crippen MR) is 91.0 cm³/mol.